The van der Waals surface area contributed by atoms with E-state index in [1.807, 2.05) is 17.4 Å². The van der Waals surface area contributed by atoms with Crippen LogP contribution in [0.2, 0.25) is 0 Å². The lowest BCUT2D eigenvalue weighted by Gasteiger charge is -2.18. The first-order valence-electron chi connectivity index (χ1n) is 16.8. The Morgan fingerprint density at radius 2 is 1.14 bits per heavy atom. The molecule has 0 fully saturated rings. The van der Waals surface area contributed by atoms with Gasteiger partial charge in [-0.3, -0.25) is 0 Å². The molecule has 3 heterocycles. The molecule has 0 bridgehead atoms. The topological polar surface area (TPSA) is 22.4 Å². The summed E-state index contributed by atoms with van der Waals surface area (Å²) in [5.74, 6) is 0.918. The van der Waals surface area contributed by atoms with Gasteiger partial charge in [0.25, 0.3) is 0 Å². The van der Waals surface area contributed by atoms with E-state index in [1.165, 1.54) is 75.1 Å². The van der Waals surface area contributed by atoms with E-state index in [2.05, 4.69) is 146 Å². The van der Waals surface area contributed by atoms with Crippen molar-refractivity contribution in [3.05, 3.63) is 163 Å². The van der Waals surface area contributed by atoms with Gasteiger partial charge in [-0.1, -0.05) is 121 Å². The maximum absolute atomic E-state index is 6.45. The quantitative estimate of drug-likeness (QED) is 0.179. The van der Waals surface area contributed by atoms with Crippen molar-refractivity contribution in [1.29, 1.82) is 0 Å². The van der Waals surface area contributed by atoms with Crippen molar-refractivity contribution in [1.82, 2.24) is 0 Å². The smallest absolute Gasteiger partial charge is 0.139 e. The molecule has 10 aromatic rings. The molecule has 49 heavy (non-hydrogen) atoms. The molecular weight excluding hydrogens is 617 g/mol. The maximum Gasteiger partial charge on any atom is 0.139 e. The summed E-state index contributed by atoms with van der Waals surface area (Å²) < 4.78 is 15.5. The molecule has 1 atom stereocenters. The highest BCUT2D eigenvalue weighted by molar-refractivity contribution is 7.26. The molecule has 0 saturated heterocycles. The molecule has 1 aliphatic heterocycles. The SMILES string of the molecule is c1ccc(C2Cc3cc4c(cc3O2)oc2ccc(-c3c5ccccc5c(-c5cccc6c5sc5ccccc56)c5ccccc35)cc24)cc1. The van der Waals surface area contributed by atoms with Gasteiger partial charge >= 0.3 is 0 Å². The van der Waals surface area contributed by atoms with Crippen molar-refractivity contribution in [3.8, 4) is 28.0 Å². The first kappa shape index (κ1) is 27.1. The molecule has 0 radical (unpaired) electrons. The van der Waals surface area contributed by atoms with Crippen LogP contribution in [0.3, 0.4) is 0 Å². The molecule has 1 aliphatic rings. The fourth-order valence-corrected chi connectivity index (χ4v) is 9.42. The highest BCUT2D eigenvalue weighted by atomic mass is 32.1. The number of hydrogen-bond donors (Lipinski definition) is 0. The molecule has 0 spiro atoms. The highest BCUT2D eigenvalue weighted by Gasteiger charge is 2.26. The van der Waals surface area contributed by atoms with Crippen molar-refractivity contribution in [2.75, 3.05) is 0 Å². The van der Waals surface area contributed by atoms with Crippen LogP contribution in [0.15, 0.2) is 156 Å². The van der Waals surface area contributed by atoms with Crippen LogP contribution in [0, 0.1) is 0 Å². The van der Waals surface area contributed by atoms with Crippen molar-refractivity contribution in [2.45, 2.75) is 12.5 Å². The lowest BCUT2D eigenvalue weighted by atomic mass is 9.85. The predicted molar refractivity (Wildman–Crippen MR) is 206 cm³/mol. The second-order valence-electron chi connectivity index (χ2n) is 13.1. The monoisotopic (exact) mass is 644 g/mol. The van der Waals surface area contributed by atoms with Gasteiger partial charge in [-0.05, 0) is 73.6 Å². The Morgan fingerprint density at radius 3 is 1.92 bits per heavy atom. The van der Waals surface area contributed by atoms with E-state index in [-0.39, 0.29) is 6.10 Å². The van der Waals surface area contributed by atoms with E-state index < -0.39 is 0 Å². The number of hydrogen-bond acceptors (Lipinski definition) is 3. The maximum atomic E-state index is 6.45. The van der Waals surface area contributed by atoms with E-state index >= 15 is 0 Å². The summed E-state index contributed by atoms with van der Waals surface area (Å²) in [6, 6.07) is 55.0. The van der Waals surface area contributed by atoms with Crippen LogP contribution >= 0.6 is 11.3 Å². The summed E-state index contributed by atoms with van der Waals surface area (Å²) in [6.07, 6.45) is 0.879. The van der Waals surface area contributed by atoms with Crippen molar-refractivity contribution < 1.29 is 9.15 Å². The molecule has 0 saturated carbocycles. The minimum atomic E-state index is 0.0270. The lowest BCUT2D eigenvalue weighted by Crippen LogP contribution is -2.02. The molecule has 0 N–H and O–H groups in total. The van der Waals surface area contributed by atoms with Gasteiger partial charge in [0.15, 0.2) is 0 Å². The zero-order valence-electron chi connectivity index (χ0n) is 26.4. The average Bonchev–Trinajstić information content (AvgIpc) is 3.86. The van der Waals surface area contributed by atoms with Crippen LogP contribution in [0.25, 0.3) is 85.9 Å². The third-order valence-electron chi connectivity index (χ3n) is 10.4. The number of furan rings is 1. The molecule has 3 heteroatoms. The van der Waals surface area contributed by atoms with Crippen molar-refractivity contribution in [2.24, 2.45) is 0 Å². The summed E-state index contributed by atoms with van der Waals surface area (Å²) in [7, 11) is 0. The third-order valence-corrected chi connectivity index (χ3v) is 11.6. The molecule has 11 rings (SSSR count). The summed E-state index contributed by atoms with van der Waals surface area (Å²) >= 11 is 1.89. The van der Waals surface area contributed by atoms with Gasteiger partial charge in [0.1, 0.15) is 23.0 Å². The normalized spacial score (nSPS) is 14.4. The Morgan fingerprint density at radius 1 is 0.490 bits per heavy atom. The fourth-order valence-electron chi connectivity index (χ4n) is 8.20. The summed E-state index contributed by atoms with van der Waals surface area (Å²) in [5.41, 5.74) is 9.21. The number of fused-ring (bicyclic) bond motifs is 9. The number of thiophene rings is 1. The Kier molecular flexibility index (Phi) is 5.69. The van der Waals surface area contributed by atoms with Gasteiger partial charge in [-0.25, -0.2) is 0 Å². The Balaban J connectivity index is 1.13. The van der Waals surface area contributed by atoms with E-state index in [4.69, 9.17) is 9.15 Å². The van der Waals surface area contributed by atoms with Crippen molar-refractivity contribution >= 4 is 75.0 Å². The van der Waals surface area contributed by atoms with Crippen LogP contribution in [0.1, 0.15) is 17.2 Å². The van der Waals surface area contributed by atoms with Gasteiger partial charge in [0.05, 0.1) is 0 Å². The zero-order chi connectivity index (χ0) is 32.1. The van der Waals surface area contributed by atoms with Crippen molar-refractivity contribution in [3.63, 3.8) is 0 Å². The molecule has 2 aromatic heterocycles. The molecule has 230 valence electrons. The molecule has 0 aliphatic carbocycles. The van der Waals surface area contributed by atoms with E-state index in [1.54, 1.807) is 0 Å². The zero-order valence-corrected chi connectivity index (χ0v) is 27.3. The van der Waals surface area contributed by atoms with Crippen LogP contribution in [-0.4, -0.2) is 0 Å². The Hall–Kier alpha value is -5.90. The number of ether oxygens (including phenoxy) is 1. The van der Waals surface area contributed by atoms with Crippen LogP contribution in [-0.2, 0) is 6.42 Å². The van der Waals surface area contributed by atoms with Crippen LogP contribution < -0.4 is 4.74 Å². The van der Waals surface area contributed by atoms with Gasteiger partial charge in [-0.2, -0.15) is 0 Å². The predicted octanol–water partition coefficient (Wildman–Crippen LogP) is 13.3. The van der Waals surface area contributed by atoms with Crippen LogP contribution in [0.4, 0.5) is 0 Å². The van der Waals surface area contributed by atoms with Crippen LogP contribution in [0.5, 0.6) is 5.75 Å². The van der Waals surface area contributed by atoms with Gasteiger partial charge < -0.3 is 9.15 Å². The minimum Gasteiger partial charge on any atom is -0.485 e. The second-order valence-corrected chi connectivity index (χ2v) is 14.2. The van der Waals surface area contributed by atoms with E-state index in [0.29, 0.717) is 0 Å². The standard InChI is InChI=1S/C46H28O2S/c1-2-11-27(12-3-1)40-25-29-24-38-37-23-28(21-22-39(37)47-42(38)26-41(29)48-40)44-31-14-4-6-16-33(31)45(34-17-7-5-15-32(34)44)36-19-10-18-35-30-13-8-9-20-43(30)49-46(35)36/h1-24,26,40H,25H2. The molecule has 8 aromatic carbocycles. The molecule has 2 nitrogen and oxygen atoms in total. The second kappa shape index (κ2) is 10.3. The van der Waals surface area contributed by atoms with E-state index in [9.17, 15) is 0 Å². The van der Waals surface area contributed by atoms with Gasteiger partial charge in [0, 0.05) is 49.0 Å². The Labute approximate surface area is 286 Å². The number of rotatable bonds is 3. The highest BCUT2D eigenvalue weighted by Crippen LogP contribution is 2.49. The van der Waals surface area contributed by atoms with Gasteiger partial charge in [-0.15, -0.1) is 11.3 Å². The molecule has 0 amide bonds. The minimum absolute atomic E-state index is 0.0270. The first-order chi connectivity index (χ1) is 24.3. The largest absolute Gasteiger partial charge is 0.485 e. The first-order valence-corrected chi connectivity index (χ1v) is 17.7. The molecule has 1 unspecified atom stereocenters. The molecular formula is C46H28O2S. The number of benzene rings is 8. The lowest BCUT2D eigenvalue weighted by molar-refractivity contribution is 0.239. The van der Waals surface area contributed by atoms with Gasteiger partial charge in [0.2, 0.25) is 0 Å². The fraction of sp³-hybridized carbons (Fsp3) is 0.0435. The summed E-state index contributed by atoms with van der Waals surface area (Å²) in [5, 5.41) is 9.94. The third kappa shape index (κ3) is 4.00. The summed E-state index contributed by atoms with van der Waals surface area (Å²) in [6.45, 7) is 0. The van der Waals surface area contributed by atoms with E-state index in [0.717, 1.165) is 34.1 Å². The summed E-state index contributed by atoms with van der Waals surface area (Å²) in [4.78, 5) is 0. The average molecular weight is 645 g/mol. The Bertz CT molecular complexity index is 2890.